The monoisotopic (exact) mass is 204 g/mol. The van der Waals surface area contributed by atoms with Gasteiger partial charge in [-0.2, -0.15) is 0 Å². The molecule has 0 aromatic heterocycles. The number of aryl methyl sites for hydroxylation is 1. The van der Waals surface area contributed by atoms with Crippen molar-refractivity contribution >= 4 is 6.47 Å². The third-order valence-corrected chi connectivity index (χ3v) is 1.47. The topological polar surface area (TPSA) is 60.4 Å². The second-order valence-electron chi connectivity index (χ2n) is 2.41. The molecule has 1 rings (SSSR count). The summed E-state index contributed by atoms with van der Waals surface area (Å²) in [6, 6.07) is 10.2. The maximum Gasteiger partial charge on any atom is 1.00 e. The molecule has 1 aromatic carbocycles. The van der Waals surface area contributed by atoms with E-state index in [1.165, 1.54) is 5.56 Å². The third-order valence-electron chi connectivity index (χ3n) is 1.47. The first-order chi connectivity index (χ1) is 6.35. The zero-order chi connectivity index (χ0) is 9.94. The van der Waals surface area contributed by atoms with Crippen LogP contribution in [0.3, 0.4) is 0 Å². The Morgan fingerprint density at radius 1 is 1.29 bits per heavy atom. The number of aliphatic hydroxyl groups excluding tert-OH is 1. The second-order valence-corrected chi connectivity index (χ2v) is 2.41. The fraction of sp³-hybridized carbons (Fsp3) is 0.300. The fourth-order valence-corrected chi connectivity index (χ4v) is 0.928. The van der Waals surface area contributed by atoms with Crippen LogP contribution in [0, 0.1) is 0 Å². The Hall–Kier alpha value is -0.350. The zero-order valence-corrected chi connectivity index (χ0v) is 10.3. The van der Waals surface area contributed by atoms with Crippen LogP contribution in [0.4, 0.5) is 0 Å². The van der Waals surface area contributed by atoms with E-state index >= 15 is 0 Å². The van der Waals surface area contributed by atoms with Crippen LogP contribution in [0.5, 0.6) is 0 Å². The van der Waals surface area contributed by atoms with Crippen molar-refractivity contribution in [2.75, 3.05) is 6.61 Å². The van der Waals surface area contributed by atoms with Crippen LogP contribution in [0.15, 0.2) is 30.3 Å². The average Bonchev–Trinajstić information content (AvgIpc) is 2.18. The van der Waals surface area contributed by atoms with Crippen molar-refractivity contribution in [1.29, 1.82) is 0 Å². The maximum absolute atomic E-state index is 8.53. The number of rotatable bonds is 3. The molecule has 0 radical (unpaired) electrons. The summed E-state index contributed by atoms with van der Waals surface area (Å²) in [5.74, 6) is 0. The summed E-state index contributed by atoms with van der Waals surface area (Å²) in [5.41, 5.74) is 1.30. The molecule has 0 heterocycles. The van der Waals surface area contributed by atoms with Crippen molar-refractivity contribution < 1.29 is 44.6 Å². The Bertz CT molecular complexity index is 214. The minimum atomic E-state index is -0.500. The fourth-order valence-electron chi connectivity index (χ4n) is 0.928. The van der Waals surface area contributed by atoms with Crippen LogP contribution in [0.25, 0.3) is 0 Å². The molecule has 3 nitrogen and oxygen atoms in total. The number of carbonyl (C=O) groups excluding carboxylic acids is 1. The van der Waals surface area contributed by atoms with E-state index in [0.29, 0.717) is 0 Å². The van der Waals surface area contributed by atoms with Crippen molar-refractivity contribution in [3.63, 3.8) is 0 Å². The van der Waals surface area contributed by atoms with E-state index in [4.69, 9.17) is 15.0 Å². The van der Waals surface area contributed by atoms with Crippen LogP contribution in [0.2, 0.25) is 0 Å². The molecule has 0 unspecified atom stereocenters. The van der Waals surface area contributed by atoms with Gasteiger partial charge >= 0.3 is 29.6 Å². The molecule has 0 spiro atoms. The zero-order valence-electron chi connectivity index (χ0n) is 8.35. The van der Waals surface area contributed by atoms with Gasteiger partial charge in [-0.15, -0.1) is 0 Å². The van der Waals surface area contributed by atoms with Crippen molar-refractivity contribution in [1.82, 2.24) is 0 Å². The van der Waals surface area contributed by atoms with Gasteiger partial charge in [0, 0.05) is 13.1 Å². The minimum absolute atomic E-state index is 0. The van der Waals surface area contributed by atoms with E-state index in [9.17, 15) is 0 Å². The smallest absolute Gasteiger partial charge is 0.554 e. The summed E-state index contributed by atoms with van der Waals surface area (Å²) in [5, 5.41) is 16.8. The van der Waals surface area contributed by atoms with E-state index in [-0.39, 0.29) is 36.2 Å². The van der Waals surface area contributed by atoms with Gasteiger partial charge in [0.25, 0.3) is 0 Å². The van der Waals surface area contributed by atoms with Crippen molar-refractivity contribution in [3.8, 4) is 0 Å². The molecule has 0 fully saturated rings. The van der Waals surface area contributed by atoms with Gasteiger partial charge in [0.1, 0.15) is 0 Å². The maximum atomic E-state index is 8.53. The standard InChI is InChI=1S/C9H12O.CH2O2.Na/c10-8-4-7-9-5-2-1-3-6-9;2-1-3;/h1-3,5-6,10H,4,7-8H2;1H,(H,2,3);/q;;+1/p-1. The summed E-state index contributed by atoms with van der Waals surface area (Å²) in [6.45, 7) is -0.213. The van der Waals surface area contributed by atoms with Crippen molar-refractivity contribution in [2.45, 2.75) is 12.8 Å². The Morgan fingerprint density at radius 2 is 1.79 bits per heavy atom. The Balaban J connectivity index is 0. The van der Waals surface area contributed by atoms with Gasteiger partial charge in [0.05, 0.1) is 0 Å². The molecule has 0 saturated heterocycles. The number of hydrogen-bond acceptors (Lipinski definition) is 3. The Kier molecular flexibility index (Phi) is 14.5. The van der Waals surface area contributed by atoms with E-state index in [2.05, 4.69) is 12.1 Å². The normalized spacial score (nSPS) is 7.79. The molecule has 0 aliphatic heterocycles. The Labute approximate surface area is 106 Å². The molecule has 1 aromatic rings. The van der Waals surface area contributed by atoms with Crippen LogP contribution in [0.1, 0.15) is 12.0 Å². The van der Waals surface area contributed by atoms with Gasteiger partial charge in [-0.1, -0.05) is 30.3 Å². The van der Waals surface area contributed by atoms with E-state index < -0.39 is 6.47 Å². The van der Waals surface area contributed by atoms with Gasteiger partial charge in [0.2, 0.25) is 0 Å². The molecule has 0 aliphatic carbocycles. The van der Waals surface area contributed by atoms with Crippen LogP contribution in [-0.2, 0) is 11.2 Å². The number of carboxylic acid groups (broad SMARTS) is 1. The number of aliphatic hydroxyl groups is 1. The average molecular weight is 204 g/mol. The molecular weight excluding hydrogens is 191 g/mol. The van der Waals surface area contributed by atoms with Crippen LogP contribution < -0.4 is 34.7 Å². The number of carbonyl (C=O) groups is 1. The first kappa shape index (κ1) is 16.1. The molecular formula is C10H13NaO3. The largest absolute Gasteiger partial charge is 1.00 e. The van der Waals surface area contributed by atoms with Gasteiger partial charge < -0.3 is 15.0 Å². The third kappa shape index (κ3) is 9.74. The summed E-state index contributed by atoms with van der Waals surface area (Å²) < 4.78 is 0. The van der Waals surface area contributed by atoms with Crippen molar-refractivity contribution in [3.05, 3.63) is 35.9 Å². The van der Waals surface area contributed by atoms with Crippen LogP contribution >= 0.6 is 0 Å². The minimum Gasteiger partial charge on any atom is -0.554 e. The van der Waals surface area contributed by atoms with Gasteiger partial charge in [-0.3, -0.25) is 0 Å². The molecule has 0 atom stereocenters. The van der Waals surface area contributed by atoms with Crippen LogP contribution in [-0.4, -0.2) is 18.2 Å². The van der Waals surface area contributed by atoms with E-state index in [0.717, 1.165) is 12.8 Å². The summed E-state index contributed by atoms with van der Waals surface area (Å²) >= 11 is 0. The van der Waals surface area contributed by atoms with Gasteiger partial charge in [-0.25, -0.2) is 0 Å². The van der Waals surface area contributed by atoms with Crippen molar-refractivity contribution in [2.24, 2.45) is 0 Å². The molecule has 0 saturated carbocycles. The van der Waals surface area contributed by atoms with E-state index in [1.54, 1.807) is 0 Å². The molecule has 4 heteroatoms. The molecule has 14 heavy (non-hydrogen) atoms. The molecule has 0 bridgehead atoms. The predicted octanol–water partition coefficient (Wildman–Crippen LogP) is -3.02. The molecule has 1 N–H and O–H groups in total. The molecule has 72 valence electrons. The van der Waals surface area contributed by atoms with Gasteiger partial charge in [0.15, 0.2) is 0 Å². The second kappa shape index (κ2) is 12.7. The summed E-state index contributed by atoms with van der Waals surface area (Å²) in [4.78, 5) is 8.25. The SMILES string of the molecule is O=C[O-].OCCCc1ccccc1.[Na+]. The first-order valence-electron chi connectivity index (χ1n) is 4.05. The molecule has 0 aliphatic rings. The number of benzene rings is 1. The molecule has 0 amide bonds. The quantitative estimate of drug-likeness (QED) is 0.421. The first-order valence-corrected chi connectivity index (χ1v) is 4.05. The van der Waals surface area contributed by atoms with Gasteiger partial charge in [-0.05, 0) is 18.4 Å². The predicted molar refractivity (Wildman–Crippen MR) is 47.9 cm³/mol. The summed E-state index contributed by atoms with van der Waals surface area (Å²) in [6.07, 6.45) is 1.85. The summed E-state index contributed by atoms with van der Waals surface area (Å²) in [7, 11) is 0. The number of hydrogen-bond donors (Lipinski definition) is 1. The Morgan fingerprint density at radius 3 is 2.21 bits per heavy atom. The van der Waals surface area contributed by atoms with E-state index in [1.807, 2.05) is 18.2 Å².